The third kappa shape index (κ3) is 3.72. The topological polar surface area (TPSA) is 77.1 Å². The highest BCUT2D eigenvalue weighted by atomic mass is 32.1. The molecule has 1 fully saturated rings. The van der Waals surface area contributed by atoms with Crippen molar-refractivity contribution in [2.75, 3.05) is 0 Å². The van der Waals surface area contributed by atoms with Crippen LogP contribution in [-0.2, 0) is 4.79 Å². The molecule has 23 heavy (non-hydrogen) atoms. The van der Waals surface area contributed by atoms with Crippen molar-refractivity contribution in [3.8, 4) is 10.8 Å². The fraction of sp³-hybridized carbons (Fsp3) is 0.562. The third-order valence-electron chi connectivity index (χ3n) is 4.25. The van der Waals surface area contributed by atoms with Gasteiger partial charge in [0, 0.05) is 6.04 Å². The van der Waals surface area contributed by atoms with Gasteiger partial charge in [0.25, 0.3) is 5.89 Å². The van der Waals surface area contributed by atoms with Crippen molar-refractivity contribution < 1.29 is 9.21 Å². The second-order valence-electron chi connectivity index (χ2n) is 5.97. The molecule has 1 amide bonds. The summed E-state index contributed by atoms with van der Waals surface area (Å²) >= 11 is 1.44. The monoisotopic (exact) mass is 335 g/mol. The molecule has 2 heterocycles. The first-order valence-electron chi connectivity index (χ1n) is 8.09. The van der Waals surface area contributed by atoms with Crippen LogP contribution in [-0.4, -0.2) is 21.7 Å². The molecule has 0 unspecified atom stereocenters. The zero-order valence-corrected chi connectivity index (χ0v) is 14.0. The van der Waals surface area contributed by atoms with Gasteiger partial charge in [0.2, 0.25) is 5.91 Å². The Morgan fingerprint density at radius 2 is 2.13 bits per heavy atom. The summed E-state index contributed by atoms with van der Waals surface area (Å²) < 4.78 is 6.29. The van der Waals surface area contributed by atoms with Crippen LogP contribution in [0.1, 0.15) is 51.5 Å². The van der Waals surface area contributed by atoms with Crippen LogP contribution in [0.4, 0.5) is 0 Å². The minimum Gasteiger partial charge on any atom is -0.387 e. The molecule has 0 aliphatic heterocycles. The maximum Gasteiger partial charge on any atom is 0.438 e. The smallest absolute Gasteiger partial charge is 0.387 e. The summed E-state index contributed by atoms with van der Waals surface area (Å²) in [5, 5.41) is 9.11. The van der Waals surface area contributed by atoms with Gasteiger partial charge in [-0.1, -0.05) is 31.7 Å². The van der Waals surface area contributed by atoms with Gasteiger partial charge in [-0.2, -0.15) is 4.68 Å². The first-order chi connectivity index (χ1) is 11.1. The van der Waals surface area contributed by atoms with E-state index in [1.54, 1.807) is 6.92 Å². The lowest BCUT2D eigenvalue weighted by atomic mass is 10.1. The highest BCUT2D eigenvalue weighted by molar-refractivity contribution is 7.13. The molecule has 1 atom stereocenters. The maximum atomic E-state index is 12.4. The number of hydrogen-bond acceptors (Lipinski definition) is 5. The molecule has 0 bridgehead atoms. The summed E-state index contributed by atoms with van der Waals surface area (Å²) in [4.78, 5) is 25.2. The van der Waals surface area contributed by atoms with Crippen molar-refractivity contribution in [2.24, 2.45) is 0 Å². The number of thiophene rings is 1. The molecule has 1 saturated carbocycles. The van der Waals surface area contributed by atoms with Gasteiger partial charge < -0.3 is 9.73 Å². The molecule has 6 nitrogen and oxygen atoms in total. The fourth-order valence-electron chi connectivity index (χ4n) is 2.89. The molecule has 0 aromatic carbocycles. The Labute approximate surface area is 138 Å². The SMILES string of the molecule is C[C@@H](C(=O)NC1CCCCCC1)n1nc(-c2cccs2)oc1=O. The summed E-state index contributed by atoms with van der Waals surface area (Å²) in [6.45, 7) is 1.67. The molecule has 1 aliphatic rings. The molecule has 2 aromatic rings. The number of amides is 1. The van der Waals surface area contributed by atoms with Crippen molar-refractivity contribution in [1.82, 2.24) is 15.1 Å². The largest absolute Gasteiger partial charge is 0.438 e. The first kappa shape index (κ1) is 16.0. The van der Waals surface area contributed by atoms with Crippen molar-refractivity contribution in [1.29, 1.82) is 0 Å². The van der Waals surface area contributed by atoms with Crippen molar-refractivity contribution in [2.45, 2.75) is 57.5 Å². The van der Waals surface area contributed by atoms with E-state index in [0.29, 0.717) is 0 Å². The lowest BCUT2D eigenvalue weighted by Crippen LogP contribution is -2.40. The lowest BCUT2D eigenvalue weighted by molar-refractivity contribution is -0.125. The molecule has 1 N–H and O–H groups in total. The van der Waals surface area contributed by atoms with Crippen molar-refractivity contribution in [3.05, 3.63) is 28.1 Å². The van der Waals surface area contributed by atoms with E-state index in [1.165, 1.54) is 24.2 Å². The Bertz CT molecular complexity index is 696. The summed E-state index contributed by atoms with van der Waals surface area (Å²) in [7, 11) is 0. The molecule has 7 heteroatoms. The highest BCUT2D eigenvalue weighted by Gasteiger charge is 2.24. The van der Waals surface area contributed by atoms with Crippen LogP contribution in [0.2, 0.25) is 0 Å². The molecule has 3 rings (SSSR count). The van der Waals surface area contributed by atoms with E-state index < -0.39 is 11.8 Å². The van der Waals surface area contributed by atoms with Crippen LogP contribution in [0.15, 0.2) is 26.7 Å². The van der Waals surface area contributed by atoms with Crippen LogP contribution in [0.3, 0.4) is 0 Å². The van der Waals surface area contributed by atoms with Gasteiger partial charge in [-0.25, -0.2) is 4.79 Å². The average molecular weight is 335 g/mol. The number of carbonyl (C=O) groups is 1. The van der Waals surface area contributed by atoms with Crippen LogP contribution < -0.4 is 11.1 Å². The van der Waals surface area contributed by atoms with Gasteiger partial charge in [0.05, 0.1) is 4.88 Å². The van der Waals surface area contributed by atoms with Gasteiger partial charge in [0.15, 0.2) is 0 Å². The fourth-order valence-corrected chi connectivity index (χ4v) is 3.53. The van der Waals surface area contributed by atoms with Crippen molar-refractivity contribution in [3.63, 3.8) is 0 Å². The molecular weight excluding hydrogens is 314 g/mol. The lowest BCUT2D eigenvalue weighted by Gasteiger charge is -2.18. The van der Waals surface area contributed by atoms with Crippen LogP contribution in [0, 0.1) is 0 Å². The van der Waals surface area contributed by atoms with Crippen LogP contribution >= 0.6 is 11.3 Å². The second-order valence-corrected chi connectivity index (χ2v) is 6.92. The quantitative estimate of drug-likeness (QED) is 0.872. The van der Waals surface area contributed by atoms with Gasteiger partial charge in [-0.3, -0.25) is 4.79 Å². The van der Waals surface area contributed by atoms with E-state index in [9.17, 15) is 9.59 Å². The predicted molar refractivity (Wildman–Crippen MR) is 88.4 cm³/mol. The zero-order chi connectivity index (χ0) is 16.2. The first-order valence-corrected chi connectivity index (χ1v) is 8.97. The predicted octanol–water partition coefficient (Wildman–Crippen LogP) is 2.96. The number of carbonyl (C=O) groups excluding carboxylic acids is 1. The van der Waals surface area contributed by atoms with E-state index in [1.807, 2.05) is 17.5 Å². The van der Waals surface area contributed by atoms with Gasteiger partial charge in [-0.05, 0) is 31.2 Å². The minimum atomic E-state index is -0.678. The van der Waals surface area contributed by atoms with Crippen molar-refractivity contribution >= 4 is 17.2 Å². The highest BCUT2D eigenvalue weighted by Crippen LogP contribution is 2.22. The molecule has 2 aromatic heterocycles. The van der Waals surface area contributed by atoms with Crippen LogP contribution in [0.5, 0.6) is 0 Å². The summed E-state index contributed by atoms with van der Waals surface area (Å²) in [6, 6.07) is 3.22. The normalized spacial score (nSPS) is 17.6. The molecular formula is C16H21N3O3S. The maximum absolute atomic E-state index is 12.4. The van der Waals surface area contributed by atoms with Gasteiger partial charge in [-0.15, -0.1) is 16.4 Å². The standard InChI is InChI=1S/C16H21N3O3S/c1-11(14(20)17-12-7-4-2-3-5-8-12)19-16(21)22-15(18-19)13-9-6-10-23-13/h6,9-12H,2-5,7-8H2,1H3,(H,17,20)/t11-/m0/s1. The molecule has 0 spiro atoms. The Morgan fingerprint density at radius 3 is 2.78 bits per heavy atom. The third-order valence-corrected chi connectivity index (χ3v) is 5.11. The average Bonchev–Trinajstić information content (AvgIpc) is 3.12. The Morgan fingerprint density at radius 1 is 1.39 bits per heavy atom. The number of nitrogens with zero attached hydrogens (tertiary/aromatic N) is 2. The van der Waals surface area contributed by atoms with Gasteiger partial charge >= 0.3 is 5.76 Å². The summed E-state index contributed by atoms with van der Waals surface area (Å²) in [5.41, 5.74) is 0. The molecule has 124 valence electrons. The molecule has 1 aliphatic carbocycles. The van der Waals surface area contributed by atoms with E-state index >= 15 is 0 Å². The van der Waals surface area contributed by atoms with E-state index in [-0.39, 0.29) is 17.8 Å². The Kier molecular flexibility index (Phi) is 4.95. The van der Waals surface area contributed by atoms with E-state index in [0.717, 1.165) is 35.2 Å². The summed E-state index contributed by atoms with van der Waals surface area (Å²) in [5.74, 6) is -0.513. The van der Waals surface area contributed by atoms with Crippen LogP contribution in [0.25, 0.3) is 10.8 Å². The van der Waals surface area contributed by atoms with E-state index in [4.69, 9.17) is 4.42 Å². The second kappa shape index (κ2) is 7.12. The molecule has 0 radical (unpaired) electrons. The minimum absolute atomic E-state index is 0.176. The molecule has 0 saturated heterocycles. The van der Waals surface area contributed by atoms with E-state index in [2.05, 4.69) is 10.4 Å². The Balaban J connectivity index is 1.70. The Hall–Kier alpha value is -1.89. The number of rotatable bonds is 4. The number of hydrogen-bond donors (Lipinski definition) is 1. The zero-order valence-electron chi connectivity index (χ0n) is 13.2. The number of nitrogens with one attached hydrogen (secondary N) is 1. The summed E-state index contributed by atoms with van der Waals surface area (Å²) in [6.07, 6.45) is 6.76. The van der Waals surface area contributed by atoms with Gasteiger partial charge in [0.1, 0.15) is 6.04 Å². The number of aromatic nitrogens is 2.